The Labute approximate surface area is 183 Å². The van der Waals surface area contributed by atoms with Gasteiger partial charge in [-0.05, 0) is 30.7 Å². The van der Waals surface area contributed by atoms with E-state index in [1.807, 2.05) is 12.1 Å². The van der Waals surface area contributed by atoms with Crippen molar-refractivity contribution in [2.24, 2.45) is 11.8 Å². The maximum atomic E-state index is 12.1. The van der Waals surface area contributed by atoms with Gasteiger partial charge in [-0.1, -0.05) is 12.1 Å². The Morgan fingerprint density at radius 2 is 1.83 bits per heavy atom. The van der Waals surface area contributed by atoms with Crippen LogP contribution >= 0.6 is 24.8 Å². The molecule has 0 amide bonds. The summed E-state index contributed by atoms with van der Waals surface area (Å²) in [7, 11) is 5.25. The number of anilines is 1. The van der Waals surface area contributed by atoms with Crippen molar-refractivity contribution in [3.63, 3.8) is 0 Å². The molecular formula is C20H26Cl2N4O3. The monoisotopic (exact) mass is 440 g/mol. The summed E-state index contributed by atoms with van der Waals surface area (Å²) in [6.07, 6.45) is 3.03. The normalized spacial score (nSPS) is 23.0. The van der Waals surface area contributed by atoms with Crippen molar-refractivity contribution in [3.8, 4) is 5.75 Å². The molecule has 0 saturated carbocycles. The van der Waals surface area contributed by atoms with E-state index in [4.69, 9.17) is 9.47 Å². The summed E-state index contributed by atoms with van der Waals surface area (Å²) in [5.41, 5.74) is 1.72. The summed E-state index contributed by atoms with van der Waals surface area (Å²) in [6, 6.07) is 8.67. The van der Waals surface area contributed by atoms with Crippen LogP contribution < -0.4 is 9.64 Å². The molecule has 2 aliphatic rings. The van der Waals surface area contributed by atoms with Gasteiger partial charge in [-0.2, -0.15) is 0 Å². The van der Waals surface area contributed by atoms with Crippen LogP contribution in [0.1, 0.15) is 22.0 Å². The Morgan fingerprint density at radius 1 is 1.10 bits per heavy atom. The molecule has 7 nitrogen and oxygen atoms in total. The summed E-state index contributed by atoms with van der Waals surface area (Å²) < 4.78 is 10.2. The van der Waals surface area contributed by atoms with Gasteiger partial charge in [0, 0.05) is 37.8 Å². The van der Waals surface area contributed by atoms with Crippen molar-refractivity contribution in [3.05, 3.63) is 47.9 Å². The second-order valence-electron chi connectivity index (χ2n) is 7.24. The molecule has 29 heavy (non-hydrogen) atoms. The molecule has 9 heteroatoms. The van der Waals surface area contributed by atoms with Crippen LogP contribution in [0.25, 0.3) is 0 Å². The van der Waals surface area contributed by atoms with Crippen molar-refractivity contribution in [2.45, 2.75) is 6.04 Å². The quantitative estimate of drug-likeness (QED) is 0.676. The van der Waals surface area contributed by atoms with Gasteiger partial charge in [-0.15, -0.1) is 24.8 Å². The first-order valence-electron chi connectivity index (χ1n) is 9.09. The zero-order valence-electron chi connectivity index (χ0n) is 16.6. The van der Waals surface area contributed by atoms with Crippen molar-refractivity contribution in [1.29, 1.82) is 0 Å². The molecule has 158 valence electrons. The van der Waals surface area contributed by atoms with Crippen LogP contribution in [-0.4, -0.2) is 61.7 Å². The number of ether oxygens (including phenoxy) is 2. The lowest BCUT2D eigenvalue weighted by Crippen LogP contribution is -2.30. The van der Waals surface area contributed by atoms with Crippen LogP contribution in [0.4, 0.5) is 5.82 Å². The first kappa shape index (κ1) is 23.2. The smallest absolute Gasteiger partial charge is 0.343 e. The molecule has 0 aliphatic carbocycles. The highest BCUT2D eigenvalue weighted by Crippen LogP contribution is 2.45. The van der Waals surface area contributed by atoms with Crippen molar-refractivity contribution in [2.75, 3.05) is 45.8 Å². The topological polar surface area (TPSA) is 67.8 Å². The van der Waals surface area contributed by atoms with Crippen molar-refractivity contribution in [1.82, 2.24) is 14.9 Å². The molecule has 1 aromatic carbocycles. The van der Waals surface area contributed by atoms with Crippen LogP contribution in [0.5, 0.6) is 5.75 Å². The van der Waals surface area contributed by atoms with Crippen molar-refractivity contribution >= 4 is 36.6 Å². The average molecular weight is 441 g/mol. The first-order valence-corrected chi connectivity index (χ1v) is 9.09. The zero-order chi connectivity index (χ0) is 19.0. The number of halogens is 2. The van der Waals surface area contributed by atoms with Crippen molar-refractivity contribution < 1.29 is 14.3 Å². The van der Waals surface area contributed by atoms with Gasteiger partial charge in [0.2, 0.25) is 0 Å². The van der Waals surface area contributed by atoms with Gasteiger partial charge >= 0.3 is 5.97 Å². The lowest BCUT2D eigenvalue weighted by atomic mass is 9.89. The Bertz CT molecular complexity index is 837. The number of hydrogen-bond donors (Lipinski definition) is 0. The SMILES string of the molecule is COC(=O)c1cncnc1N1C[C@@H]2CN(C)[C@@H](c3ccc(OC)cc3)[C@@H]2C1.Cl.Cl. The van der Waals surface area contributed by atoms with Crippen LogP contribution in [0.15, 0.2) is 36.8 Å². The minimum Gasteiger partial charge on any atom is -0.497 e. The summed E-state index contributed by atoms with van der Waals surface area (Å²) in [4.78, 5) is 25.1. The number of carbonyl (C=O) groups is 1. The summed E-state index contributed by atoms with van der Waals surface area (Å²) in [6.45, 7) is 2.76. The molecule has 3 heterocycles. The van der Waals surface area contributed by atoms with E-state index in [1.165, 1.54) is 25.2 Å². The second kappa shape index (κ2) is 9.61. The lowest BCUT2D eigenvalue weighted by molar-refractivity contribution is 0.0600. The molecule has 2 saturated heterocycles. The molecule has 0 radical (unpaired) electrons. The van der Waals surface area contributed by atoms with Gasteiger partial charge in [0.05, 0.1) is 14.2 Å². The number of carbonyl (C=O) groups excluding carboxylic acids is 1. The highest BCUT2D eigenvalue weighted by Gasteiger charge is 2.47. The van der Waals surface area contributed by atoms with Gasteiger partial charge in [-0.3, -0.25) is 4.90 Å². The molecular weight excluding hydrogens is 415 g/mol. The highest BCUT2D eigenvalue weighted by atomic mass is 35.5. The third kappa shape index (κ3) is 4.27. The van der Waals surface area contributed by atoms with E-state index in [-0.39, 0.29) is 24.8 Å². The molecule has 2 fully saturated rings. The second-order valence-corrected chi connectivity index (χ2v) is 7.24. The fourth-order valence-electron chi connectivity index (χ4n) is 4.56. The van der Waals surface area contributed by atoms with Crippen LogP contribution in [0, 0.1) is 11.8 Å². The Hall–Kier alpha value is -2.09. The largest absolute Gasteiger partial charge is 0.497 e. The number of benzene rings is 1. The highest BCUT2D eigenvalue weighted by molar-refractivity contribution is 5.94. The number of methoxy groups -OCH3 is 2. The van der Waals surface area contributed by atoms with Gasteiger partial charge in [0.25, 0.3) is 0 Å². The van der Waals surface area contributed by atoms with E-state index in [1.54, 1.807) is 7.11 Å². The standard InChI is InChI=1S/C20H24N4O3.2ClH/c1-23-9-14-10-24(19-16(20(25)27-3)8-21-12-22-19)11-17(14)18(23)13-4-6-15(26-2)7-5-13;;/h4-8,12,14,17-18H,9-11H2,1-3H3;2*1H/t14-,17+,18-;;/m0../s1. The third-order valence-electron chi connectivity index (χ3n) is 5.75. The summed E-state index contributed by atoms with van der Waals surface area (Å²) >= 11 is 0. The Kier molecular flexibility index (Phi) is 7.68. The molecule has 0 N–H and O–H groups in total. The predicted molar refractivity (Wildman–Crippen MR) is 115 cm³/mol. The number of nitrogens with zero attached hydrogens (tertiary/aromatic N) is 4. The first-order chi connectivity index (χ1) is 13.1. The molecule has 2 aliphatic heterocycles. The van der Waals surface area contributed by atoms with E-state index < -0.39 is 5.97 Å². The van der Waals surface area contributed by atoms with Gasteiger partial charge in [-0.25, -0.2) is 14.8 Å². The van der Waals surface area contributed by atoms with E-state index in [2.05, 4.69) is 38.9 Å². The molecule has 2 aromatic rings. The van der Waals surface area contributed by atoms with Gasteiger partial charge in [0.15, 0.2) is 0 Å². The fourth-order valence-corrected chi connectivity index (χ4v) is 4.56. The minimum absolute atomic E-state index is 0. The summed E-state index contributed by atoms with van der Waals surface area (Å²) in [5.74, 6) is 2.15. The number of esters is 1. The molecule has 4 rings (SSSR count). The lowest BCUT2D eigenvalue weighted by Gasteiger charge is -2.27. The predicted octanol–water partition coefficient (Wildman–Crippen LogP) is 2.85. The Balaban J connectivity index is 0.00000150. The Morgan fingerprint density at radius 3 is 2.48 bits per heavy atom. The van der Waals surface area contributed by atoms with E-state index in [0.717, 1.165) is 25.4 Å². The zero-order valence-corrected chi connectivity index (χ0v) is 18.3. The van der Waals surface area contributed by atoms with Gasteiger partial charge < -0.3 is 14.4 Å². The maximum absolute atomic E-state index is 12.1. The fraction of sp³-hybridized carbons (Fsp3) is 0.450. The number of rotatable bonds is 4. The number of likely N-dealkylation sites (tertiary alicyclic amines) is 1. The number of fused-ring (bicyclic) bond motifs is 1. The molecule has 0 bridgehead atoms. The van der Waals surface area contributed by atoms with Crippen LogP contribution in [0.3, 0.4) is 0 Å². The summed E-state index contributed by atoms with van der Waals surface area (Å²) in [5, 5.41) is 0. The van der Waals surface area contributed by atoms with Gasteiger partial charge in [0.1, 0.15) is 23.5 Å². The number of hydrogen-bond acceptors (Lipinski definition) is 7. The molecule has 1 aromatic heterocycles. The molecule has 0 spiro atoms. The molecule has 0 unspecified atom stereocenters. The van der Waals surface area contributed by atoms with E-state index >= 15 is 0 Å². The maximum Gasteiger partial charge on any atom is 0.343 e. The molecule has 3 atom stereocenters. The third-order valence-corrected chi connectivity index (χ3v) is 5.75. The van der Waals surface area contributed by atoms with Crippen LogP contribution in [0.2, 0.25) is 0 Å². The number of aromatic nitrogens is 2. The van der Waals surface area contributed by atoms with Crippen LogP contribution in [-0.2, 0) is 4.74 Å². The van der Waals surface area contributed by atoms with E-state index in [9.17, 15) is 4.79 Å². The minimum atomic E-state index is -0.397. The average Bonchev–Trinajstić information content (AvgIpc) is 3.24. The van der Waals surface area contributed by atoms with E-state index in [0.29, 0.717) is 29.3 Å².